The van der Waals surface area contributed by atoms with Crippen molar-refractivity contribution >= 4 is 23.1 Å². The summed E-state index contributed by atoms with van der Waals surface area (Å²) in [7, 11) is 1.35. The number of thiazole rings is 1. The Bertz CT molecular complexity index is 857. The molecule has 1 aromatic carbocycles. The molecule has 2 aromatic heterocycles. The Morgan fingerprint density at radius 2 is 2.08 bits per heavy atom. The van der Waals surface area contributed by atoms with Crippen LogP contribution in [0.1, 0.15) is 27.9 Å². The van der Waals surface area contributed by atoms with E-state index in [4.69, 9.17) is 10.5 Å². The molecule has 0 saturated carbocycles. The summed E-state index contributed by atoms with van der Waals surface area (Å²) in [6.45, 7) is 2.45. The minimum absolute atomic E-state index is 0.397. The second kappa shape index (κ2) is 6.79. The first-order chi connectivity index (χ1) is 11.6. The SMILES string of the molecule is CCc1nc(-c2nnn(Cc3ccccc3)c2N)sc1C(=O)OC. The molecule has 0 aliphatic carbocycles. The first-order valence-corrected chi connectivity index (χ1v) is 8.27. The van der Waals surface area contributed by atoms with Crippen LogP contribution in [0.3, 0.4) is 0 Å². The Labute approximate surface area is 143 Å². The van der Waals surface area contributed by atoms with Gasteiger partial charge in [-0.15, -0.1) is 16.4 Å². The number of carbonyl (C=O) groups is 1. The van der Waals surface area contributed by atoms with E-state index in [9.17, 15) is 4.79 Å². The van der Waals surface area contributed by atoms with Crippen LogP contribution in [0.2, 0.25) is 0 Å². The van der Waals surface area contributed by atoms with Gasteiger partial charge in [-0.2, -0.15) is 0 Å². The molecule has 3 aromatic rings. The molecule has 2 heterocycles. The zero-order chi connectivity index (χ0) is 17.1. The smallest absolute Gasteiger partial charge is 0.349 e. The second-order valence-corrected chi connectivity index (χ2v) is 6.11. The molecule has 0 spiro atoms. The third kappa shape index (κ3) is 3.00. The van der Waals surface area contributed by atoms with Gasteiger partial charge in [0.05, 0.1) is 19.3 Å². The molecule has 0 atom stereocenters. The molecule has 124 valence electrons. The predicted octanol–water partition coefficient (Wildman–Crippen LogP) is 2.38. The molecule has 0 unspecified atom stereocenters. The van der Waals surface area contributed by atoms with Crippen molar-refractivity contribution < 1.29 is 9.53 Å². The topological polar surface area (TPSA) is 95.9 Å². The van der Waals surface area contributed by atoms with E-state index in [1.54, 1.807) is 4.68 Å². The number of carbonyl (C=O) groups excluding carboxylic acids is 1. The molecule has 0 bridgehead atoms. The highest BCUT2D eigenvalue weighted by molar-refractivity contribution is 7.17. The Morgan fingerprint density at radius 1 is 1.33 bits per heavy atom. The fourth-order valence-electron chi connectivity index (χ4n) is 2.29. The van der Waals surface area contributed by atoms with Gasteiger partial charge in [-0.3, -0.25) is 0 Å². The van der Waals surface area contributed by atoms with Crippen LogP contribution in [-0.2, 0) is 17.7 Å². The molecular weight excluding hydrogens is 326 g/mol. The number of anilines is 1. The Morgan fingerprint density at radius 3 is 2.75 bits per heavy atom. The van der Waals surface area contributed by atoms with Crippen molar-refractivity contribution in [3.8, 4) is 10.7 Å². The van der Waals surface area contributed by atoms with Crippen molar-refractivity contribution in [3.63, 3.8) is 0 Å². The molecule has 0 amide bonds. The number of nitrogen functional groups attached to an aromatic ring is 1. The lowest BCUT2D eigenvalue weighted by Crippen LogP contribution is -2.06. The van der Waals surface area contributed by atoms with E-state index >= 15 is 0 Å². The molecule has 0 aliphatic heterocycles. The Kier molecular flexibility index (Phi) is 4.57. The van der Waals surface area contributed by atoms with Crippen LogP contribution < -0.4 is 5.73 Å². The van der Waals surface area contributed by atoms with Gasteiger partial charge in [-0.05, 0) is 12.0 Å². The highest BCUT2D eigenvalue weighted by atomic mass is 32.1. The maximum absolute atomic E-state index is 11.8. The molecule has 7 nitrogen and oxygen atoms in total. The largest absolute Gasteiger partial charge is 0.465 e. The average molecular weight is 343 g/mol. The summed E-state index contributed by atoms with van der Waals surface area (Å²) in [5, 5.41) is 8.82. The molecule has 3 rings (SSSR count). The second-order valence-electron chi connectivity index (χ2n) is 5.11. The average Bonchev–Trinajstić information content (AvgIpc) is 3.19. The van der Waals surface area contributed by atoms with Crippen LogP contribution in [-0.4, -0.2) is 33.1 Å². The van der Waals surface area contributed by atoms with Gasteiger partial charge in [-0.1, -0.05) is 42.5 Å². The maximum Gasteiger partial charge on any atom is 0.349 e. The van der Waals surface area contributed by atoms with E-state index in [1.807, 2.05) is 37.3 Å². The summed E-state index contributed by atoms with van der Waals surface area (Å²) in [6, 6.07) is 9.86. The third-order valence-electron chi connectivity index (χ3n) is 3.55. The fourth-order valence-corrected chi connectivity index (χ4v) is 3.36. The lowest BCUT2D eigenvalue weighted by atomic mass is 10.2. The molecule has 2 N–H and O–H groups in total. The quantitative estimate of drug-likeness (QED) is 0.715. The molecule has 0 saturated heterocycles. The zero-order valence-corrected chi connectivity index (χ0v) is 14.2. The fraction of sp³-hybridized carbons (Fsp3) is 0.250. The van der Waals surface area contributed by atoms with Gasteiger partial charge in [0.25, 0.3) is 0 Å². The first kappa shape index (κ1) is 16.1. The van der Waals surface area contributed by atoms with E-state index in [1.165, 1.54) is 18.4 Å². The van der Waals surface area contributed by atoms with Crippen LogP contribution in [0.25, 0.3) is 10.7 Å². The summed E-state index contributed by atoms with van der Waals surface area (Å²) in [5.74, 6) is 0.0255. The number of ether oxygens (including phenoxy) is 1. The number of nitrogens with two attached hydrogens (primary N) is 1. The lowest BCUT2D eigenvalue weighted by molar-refractivity contribution is 0.0605. The van der Waals surface area contributed by atoms with E-state index in [0.29, 0.717) is 40.1 Å². The Hall–Kier alpha value is -2.74. The number of methoxy groups -OCH3 is 1. The number of hydrogen-bond donors (Lipinski definition) is 1. The van der Waals surface area contributed by atoms with Crippen molar-refractivity contribution in [3.05, 3.63) is 46.5 Å². The van der Waals surface area contributed by atoms with E-state index < -0.39 is 5.97 Å². The minimum Gasteiger partial charge on any atom is -0.465 e. The van der Waals surface area contributed by atoms with Gasteiger partial charge in [0.15, 0.2) is 11.5 Å². The molecule has 24 heavy (non-hydrogen) atoms. The zero-order valence-electron chi connectivity index (χ0n) is 13.4. The number of hydrogen-bond acceptors (Lipinski definition) is 7. The molecule has 0 fully saturated rings. The Balaban J connectivity index is 1.94. The minimum atomic E-state index is -0.397. The van der Waals surface area contributed by atoms with Crippen molar-refractivity contribution in [2.24, 2.45) is 0 Å². The highest BCUT2D eigenvalue weighted by Crippen LogP contribution is 2.31. The van der Waals surface area contributed by atoms with Gasteiger partial charge >= 0.3 is 5.97 Å². The van der Waals surface area contributed by atoms with Crippen LogP contribution in [0.4, 0.5) is 5.82 Å². The monoisotopic (exact) mass is 343 g/mol. The predicted molar refractivity (Wildman–Crippen MR) is 91.8 cm³/mol. The summed E-state index contributed by atoms with van der Waals surface area (Å²) in [6.07, 6.45) is 0.624. The third-order valence-corrected chi connectivity index (χ3v) is 4.64. The van der Waals surface area contributed by atoms with Gasteiger partial charge in [0.1, 0.15) is 9.88 Å². The van der Waals surface area contributed by atoms with E-state index in [0.717, 1.165) is 5.56 Å². The standard InChI is InChI=1S/C16H17N5O2S/c1-3-11-13(16(22)23-2)24-15(18-11)12-14(17)21(20-19-12)9-10-7-5-4-6-8-10/h4-8H,3,9,17H2,1-2H3. The normalized spacial score (nSPS) is 10.8. The van der Waals surface area contributed by atoms with Gasteiger partial charge in [-0.25, -0.2) is 14.5 Å². The lowest BCUT2D eigenvalue weighted by Gasteiger charge is -2.02. The number of nitrogens with zero attached hydrogens (tertiary/aromatic N) is 4. The molecular formula is C16H17N5O2S. The summed E-state index contributed by atoms with van der Waals surface area (Å²) < 4.78 is 6.42. The van der Waals surface area contributed by atoms with Crippen LogP contribution in [0, 0.1) is 0 Å². The maximum atomic E-state index is 11.8. The van der Waals surface area contributed by atoms with Gasteiger partial charge in [0.2, 0.25) is 0 Å². The van der Waals surface area contributed by atoms with E-state index in [2.05, 4.69) is 15.3 Å². The number of rotatable bonds is 5. The van der Waals surface area contributed by atoms with Crippen molar-refractivity contribution in [2.45, 2.75) is 19.9 Å². The van der Waals surface area contributed by atoms with Crippen LogP contribution in [0.15, 0.2) is 30.3 Å². The number of esters is 1. The summed E-state index contributed by atoms with van der Waals surface area (Å²) in [5.41, 5.74) is 8.42. The van der Waals surface area contributed by atoms with Gasteiger partial charge in [0, 0.05) is 0 Å². The number of aromatic nitrogens is 4. The molecule has 0 aliphatic rings. The van der Waals surface area contributed by atoms with Crippen molar-refractivity contribution in [1.29, 1.82) is 0 Å². The number of benzene rings is 1. The van der Waals surface area contributed by atoms with Gasteiger partial charge < -0.3 is 10.5 Å². The van der Waals surface area contributed by atoms with E-state index in [-0.39, 0.29) is 0 Å². The van der Waals surface area contributed by atoms with Crippen molar-refractivity contribution in [1.82, 2.24) is 20.0 Å². The first-order valence-electron chi connectivity index (χ1n) is 7.45. The number of aryl methyl sites for hydroxylation is 1. The molecule has 8 heteroatoms. The van der Waals surface area contributed by atoms with Crippen LogP contribution in [0.5, 0.6) is 0 Å². The summed E-state index contributed by atoms with van der Waals surface area (Å²) in [4.78, 5) is 16.8. The summed E-state index contributed by atoms with van der Waals surface area (Å²) >= 11 is 1.22. The highest BCUT2D eigenvalue weighted by Gasteiger charge is 2.22. The van der Waals surface area contributed by atoms with Crippen molar-refractivity contribution in [2.75, 3.05) is 12.8 Å². The van der Waals surface area contributed by atoms with Crippen LogP contribution >= 0.6 is 11.3 Å². The molecule has 0 radical (unpaired) electrons.